The minimum atomic E-state index is 0. The number of halogens is 1. The molecule has 1 aliphatic heterocycles. The van der Waals surface area contributed by atoms with Crippen LogP contribution in [-0.2, 0) is 22.7 Å². The van der Waals surface area contributed by atoms with Crippen LogP contribution < -0.4 is 10.6 Å². The fraction of sp³-hybridized carbons (Fsp3) is 0.611. The minimum absolute atomic E-state index is 0. The standard InChI is InChI=1S/C18H26N2O2.ClH/c1-2-22-13-15-5-3-14(4-6-15)12-20-17(21)16-11-18(16)7-9-19-10-8-18;/h3-6,16,19H,2,7-13H2,1H3,(H,20,21);1H. The summed E-state index contributed by atoms with van der Waals surface area (Å²) in [5.41, 5.74) is 2.64. The molecule has 128 valence electrons. The molecule has 1 aromatic carbocycles. The van der Waals surface area contributed by atoms with E-state index >= 15 is 0 Å². The van der Waals surface area contributed by atoms with Crippen LogP contribution in [0, 0.1) is 11.3 Å². The van der Waals surface area contributed by atoms with Crippen molar-refractivity contribution in [2.45, 2.75) is 39.3 Å². The lowest BCUT2D eigenvalue weighted by atomic mass is 9.92. The summed E-state index contributed by atoms with van der Waals surface area (Å²) in [6.45, 7) is 6.13. The van der Waals surface area contributed by atoms with E-state index < -0.39 is 0 Å². The summed E-state index contributed by atoms with van der Waals surface area (Å²) < 4.78 is 5.39. The van der Waals surface area contributed by atoms with Gasteiger partial charge in [0.1, 0.15) is 0 Å². The third-order valence-electron chi connectivity index (χ3n) is 5.07. The Hall–Kier alpha value is -1.10. The van der Waals surface area contributed by atoms with E-state index in [1.807, 2.05) is 6.92 Å². The Morgan fingerprint density at radius 2 is 1.91 bits per heavy atom. The largest absolute Gasteiger partial charge is 0.377 e. The number of hydrogen-bond donors (Lipinski definition) is 2. The Balaban J connectivity index is 0.00000192. The van der Waals surface area contributed by atoms with Gasteiger partial charge in [-0.3, -0.25) is 4.79 Å². The van der Waals surface area contributed by atoms with Gasteiger partial charge in [-0.2, -0.15) is 0 Å². The van der Waals surface area contributed by atoms with Gasteiger partial charge in [0.25, 0.3) is 0 Å². The Morgan fingerprint density at radius 3 is 2.57 bits per heavy atom. The van der Waals surface area contributed by atoms with Crippen molar-refractivity contribution in [2.75, 3.05) is 19.7 Å². The molecule has 1 amide bonds. The third kappa shape index (κ3) is 4.46. The molecule has 2 aliphatic rings. The number of ether oxygens (including phenoxy) is 1. The summed E-state index contributed by atoms with van der Waals surface area (Å²) >= 11 is 0. The maximum Gasteiger partial charge on any atom is 0.223 e. The van der Waals surface area contributed by atoms with Gasteiger partial charge in [-0.15, -0.1) is 12.4 Å². The van der Waals surface area contributed by atoms with Gasteiger partial charge >= 0.3 is 0 Å². The number of piperidine rings is 1. The monoisotopic (exact) mass is 338 g/mol. The van der Waals surface area contributed by atoms with Crippen LogP contribution in [0.1, 0.15) is 37.3 Å². The molecule has 1 saturated carbocycles. The zero-order valence-electron chi connectivity index (χ0n) is 13.8. The predicted octanol–water partition coefficient (Wildman–Crippen LogP) is 2.65. The molecule has 23 heavy (non-hydrogen) atoms. The van der Waals surface area contributed by atoms with E-state index in [0.717, 1.165) is 44.5 Å². The second-order valence-electron chi connectivity index (χ2n) is 6.54. The Labute approximate surface area is 144 Å². The van der Waals surface area contributed by atoms with Crippen molar-refractivity contribution in [3.05, 3.63) is 35.4 Å². The molecule has 0 aromatic heterocycles. The summed E-state index contributed by atoms with van der Waals surface area (Å²) in [7, 11) is 0. The van der Waals surface area contributed by atoms with Crippen molar-refractivity contribution in [1.82, 2.24) is 10.6 Å². The maximum atomic E-state index is 12.3. The molecule has 1 spiro atoms. The second-order valence-corrected chi connectivity index (χ2v) is 6.54. The van der Waals surface area contributed by atoms with E-state index in [4.69, 9.17) is 4.74 Å². The van der Waals surface area contributed by atoms with Crippen molar-refractivity contribution >= 4 is 18.3 Å². The van der Waals surface area contributed by atoms with Gasteiger partial charge in [-0.05, 0) is 55.8 Å². The molecular weight excluding hydrogens is 312 g/mol. The van der Waals surface area contributed by atoms with E-state index in [0.29, 0.717) is 18.6 Å². The van der Waals surface area contributed by atoms with Gasteiger partial charge in [0.2, 0.25) is 5.91 Å². The van der Waals surface area contributed by atoms with Crippen LogP contribution in [0.3, 0.4) is 0 Å². The fourth-order valence-corrected chi connectivity index (χ4v) is 3.48. The van der Waals surface area contributed by atoms with Crippen LogP contribution in [0.4, 0.5) is 0 Å². The first-order valence-corrected chi connectivity index (χ1v) is 8.37. The zero-order chi connectivity index (χ0) is 15.4. The first kappa shape index (κ1) is 18.2. The molecule has 1 saturated heterocycles. The summed E-state index contributed by atoms with van der Waals surface area (Å²) in [6.07, 6.45) is 3.38. The molecule has 2 N–H and O–H groups in total. The van der Waals surface area contributed by atoms with Gasteiger partial charge in [0.05, 0.1) is 6.61 Å². The molecule has 1 unspecified atom stereocenters. The highest BCUT2D eigenvalue weighted by Crippen LogP contribution is 2.58. The number of carbonyl (C=O) groups excluding carboxylic acids is 1. The quantitative estimate of drug-likeness (QED) is 0.838. The SMILES string of the molecule is CCOCc1ccc(CNC(=O)C2CC23CCNCC3)cc1.Cl. The highest BCUT2D eigenvalue weighted by Gasteiger charge is 2.57. The lowest BCUT2D eigenvalue weighted by Gasteiger charge is -2.23. The van der Waals surface area contributed by atoms with E-state index in [9.17, 15) is 4.79 Å². The van der Waals surface area contributed by atoms with Crippen LogP contribution in [0.25, 0.3) is 0 Å². The number of nitrogens with one attached hydrogen (secondary N) is 2. The van der Waals surface area contributed by atoms with Crippen LogP contribution in [0.15, 0.2) is 24.3 Å². The average molecular weight is 339 g/mol. The lowest BCUT2D eigenvalue weighted by Crippen LogP contribution is -2.33. The van der Waals surface area contributed by atoms with Gasteiger partial charge < -0.3 is 15.4 Å². The summed E-state index contributed by atoms with van der Waals surface area (Å²) in [4.78, 5) is 12.3. The molecular formula is C18H27ClN2O2. The summed E-state index contributed by atoms with van der Waals surface area (Å²) in [5, 5.41) is 6.48. The van der Waals surface area contributed by atoms with Gasteiger partial charge in [-0.1, -0.05) is 24.3 Å². The summed E-state index contributed by atoms with van der Waals surface area (Å²) in [6, 6.07) is 8.29. The minimum Gasteiger partial charge on any atom is -0.377 e. The topological polar surface area (TPSA) is 50.4 Å². The summed E-state index contributed by atoms with van der Waals surface area (Å²) in [5.74, 6) is 0.479. The van der Waals surface area contributed by atoms with E-state index in [1.165, 1.54) is 5.56 Å². The molecule has 4 nitrogen and oxygen atoms in total. The second kappa shape index (κ2) is 8.13. The van der Waals surface area contributed by atoms with Crippen molar-refractivity contribution in [1.29, 1.82) is 0 Å². The molecule has 1 atom stereocenters. The Kier molecular flexibility index (Phi) is 6.45. The van der Waals surface area contributed by atoms with Gasteiger partial charge in [-0.25, -0.2) is 0 Å². The molecule has 0 bridgehead atoms. The van der Waals surface area contributed by atoms with Crippen LogP contribution >= 0.6 is 12.4 Å². The smallest absolute Gasteiger partial charge is 0.223 e. The number of carbonyl (C=O) groups is 1. The molecule has 1 aliphatic carbocycles. The first-order chi connectivity index (χ1) is 10.7. The van der Waals surface area contributed by atoms with E-state index in [1.54, 1.807) is 0 Å². The highest BCUT2D eigenvalue weighted by molar-refractivity contribution is 5.85. The van der Waals surface area contributed by atoms with Crippen molar-refractivity contribution < 1.29 is 9.53 Å². The van der Waals surface area contributed by atoms with E-state index in [-0.39, 0.29) is 24.2 Å². The predicted molar refractivity (Wildman–Crippen MR) is 93.5 cm³/mol. The molecule has 0 radical (unpaired) electrons. The number of rotatable bonds is 6. The first-order valence-electron chi connectivity index (χ1n) is 8.37. The van der Waals surface area contributed by atoms with E-state index in [2.05, 4.69) is 34.9 Å². The maximum absolute atomic E-state index is 12.3. The normalized spacial score (nSPS) is 21.5. The van der Waals surface area contributed by atoms with Crippen LogP contribution in [0.2, 0.25) is 0 Å². The number of amides is 1. The van der Waals surface area contributed by atoms with Crippen molar-refractivity contribution in [3.63, 3.8) is 0 Å². The highest BCUT2D eigenvalue weighted by atomic mass is 35.5. The van der Waals surface area contributed by atoms with Gasteiger partial charge in [0.15, 0.2) is 0 Å². The number of benzene rings is 1. The zero-order valence-corrected chi connectivity index (χ0v) is 14.6. The van der Waals surface area contributed by atoms with Crippen molar-refractivity contribution in [3.8, 4) is 0 Å². The fourth-order valence-electron chi connectivity index (χ4n) is 3.48. The number of hydrogen-bond acceptors (Lipinski definition) is 3. The molecule has 1 aromatic rings. The Bertz CT molecular complexity index is 512. The lowest BCUT2D eigenvalue weighted by molar-refractivity contribution is -0.123. The van der Waals surface area contributed by atoms with Crippen LogP contribution in [0.5, 0.6) is 0 Å². The van der Waals surface area contributed by atoms with Crippen LogP contribution in [-0.4, -0.2) is 25.6 Å². The Morgan fingerprint density at radius 1 is 1.26 bits per heavy atom. The van der Waals surface area contributed by atoms with Gasteiger partial charge in [0, 0.05) is 19.1 Å². The molecule has 2 fully saturated rings. The molecule has 5 heteroatoms. The molecule has 3 rings (SSSR count). The average Bonchev–Trinajstić information content (AvgIpc) is 3.25. The third-order valence-corrected chi connectivity index (χ3v) is 5.07. The molecule has 1 heterocycles. The van der Waals surface area contributed by atoms with Crippen molar-refractivity contribution in [2.24, 2.45) is 11.3 Å².